The van der Waals surface area contributed by atoms with Crippen LogP contribution in [0.1, 0.15) is 43.5 Å². The number of nitrogens with zero attached hydrogens (tertiary/aromatic N) is 5. The molecule has 6 rings (SSSR count). The summed E-state index contributed by atoms with van der Waals surface area (Å²) < 4.78 is 16.8. The Balaban J connectivity index is 1.24. The van der Waals surface area contributed by atoms with Crippen molar-refractivity contribution < 1.29 is 19.0 Å². The van der Waals surface area contributed by atoms with Crippen molar-refractivity contribution in [3.63, 3.8) is 0 Å². The number of halogens is 2. The van der Waals surface area contributed by atoms with Gasteiger partial charge in [-0.2, -0.15) is 0 Å². The molecule has 0 radical (unpaired) electrons. The Bertz CT molecular complexity index is 1750. The van der Waals surface area contributed by atoms with Crippen molar-refractivity contribution in [1.29, 1.82) is 0 Å². The molecule has 2 aliphatic heterocycles. The lowest BCUT2D eigenvalue weighted by atomic mass is 9.98. The fraction of sp³-hybridized carbons (Fsp3) is 0.400. The first-order chi connectivity index (χ1) is 22.9. The fourth-order valence-corrected chi connectivity index (χ4v) is 6.83. The molecule has 246 valence electrons. The average molecular weight is 678 g/mol. The number of hydrogen-bond donors (Lipinski definition) is 1. The zero-order valence-electron chi connectivity index (χ0n) is 26.8. The maximum Gasteiger partial charge on any atom is 0.237 e. The molecule has 2 fully saturated rings. The summed E-state index contributed by atoms with van der Waals surface area (Å²) in [5, 5.41) is 4.00. The fourth-order valence-electron chi connectivity index (χ4n) is 6.18. The van der Waals surface area contributed by atoms with E-state index in [2.05, 4.69) is 22.2 Å². The number of carbonyl (C=O) groups is 1. The topological polar surface area (TPSA) is 112 Å². The number of hydrogen-bond acceptors (Lipinski definition) is 9. The highest BCUT2D eigenvalue weighted by atomic mass is 35.5. The molecule has 2 aromatic carbocycles. The molecule has 2 aliphatic rings. The van der Waals surface area contributed by atoms with Crippen molar-refractivity contribution in [2.75, 3.05) is 34.5 Å². The lowest BCUT2D eigenvalue weighted by Gasteiger charge is -2.23. The second kappa shape index (κ2) is 14.9. The first kappa shape index (κ1) is 33.1. The van der Waals surface area contributed by atoms with Crippen LogP contribution in [-0.2, 0) is 22.5 Å². The van der Waals surface area contributed by atoms with Crippen LogP contribution in [0.2, 0.25) is 10.0 Å². The third kappa shape index (κ3) is 7.36. The van der Waals surface area contributed by atoms with E-state index in [1.165, 1.54) is 0 Å². The van der Waals surface area contributed by atoms with E-state index in [9.17, 15) is 4.79 Å². The molecule has 4 aromatic rings. The lowest BCUT2D eigenvalue weighted by molar-refractivity contribution is -0.119. The third-order valence-corrected chi connectivity index (χ3v) is 9.64. The summed E-state index contributed by atoms with van der Waals surface area (Å²) in [6, 6.07) is 12.1. The molecule has 2 atom stereocenters. The number of carbonyl (C=O) groups excluding carboxylic acids is 1. The van der Waals surface area contributed by atoms with Crippen LogP contribution in [0.4, 0.5) is 0 Å². The van der Waals surface area contributed by atoms with Gasteiger partial charge in [0.05, 0.1) is 54.7 Å². The number of amides is 1. The third-order valence-electron chi connectivity index (χ3n) is 8.83. The molecular formula is C35H38Cl2N6O4. The number of aryl methyl sites for hydroxylation is 1. The molecule has 10 nitrogen and oxygen atoms in total. The van der Waals surface area contributed by atoms with Gasteiger partial charge in [-0.1, -0.05) is 59.6 Å². The van der Waals surface area contributed by atoms with Gasteiger partial charge in [0.2, 0.25) is 17.7 Å². The predicted octanol–water partition coefficient (Wildman–Crippen LogP) is 6.41. The molecule has 0 spiro atoms. The van der Waals surface area contributed by atoms with Crippen LogP contribution < -0.4 is 14.8 Å². The quantitative estimate of drug-likeness (QED) is 0.182. The summed E-state index contributed by atoms with van der Waals surface area (Å²) in [5.41, 5.74) is 5.62. The lowest BCUT2D eigenvalue weighted by Crippen LogP contribution is -2.31. The van der Waals surface area contributed by atoms with Gasteiger partial charge in [0.15, 0.2) is 0 Å². The largest absolute Gasteiger partial charge is 0.480 e. The van der Waals surface area contributed by atoms with Crippen LogP contribution in [0.3, 0.4) is 0 Å². The van der Waals surface area contributed by atoms with E-state index in [0.29, 0.717) is 76.4 Å². The van der Waals surface area contributed by atoms with E-state index < -0.39 is 0 Å². The van der Waals surface area contributed by atoms with Crippen molar-refractivity contribution in [1.82, 2.24) is 30.2 Å². The monoisotopic (exact) mass is 676 g/mol. The van der Waals surface area contributed by atoms with Gasteiger partial charge < -0.3 is 19.5 Å². The standard InChI is InChI=1S/C35H38Cl2N6O4/c1-43(22-15-16-47-20-22)19-30-35(46-3)42-29(18-39-30)26-11-6-9-24(33(26)37)23-8-5-10-25(32(23)36)28-17-38-27(34(41-28)45-2)12-4-7-21-13-14-31(44)40-21/h5-6,8-11,17-18,21-22H,4,7,12-16,19-20H2,1-3H3,(H,40,44)/t21-,22+/m1/s1. The molecule has 1 N–H and O–H groups in total. The summed E-state index contributed by atoms with van der Waals surface area (Å²) in [6.07, 6.45) is 8.37. The molecule has 47 heavy (non-hydrogen) atoms. The van der Waals surface area contributed by atoms with Gasteiger partial charge >= 0.3 is 0 Å². The molecule has 0 bridgehead atoms. The molecule has 0 saturated carbocycles. The number of aromatic nitrogens is 4. The van der Waals surface area contributed by atoms with Gasteiger partial charge in [-0.05, 0) is 39.2 Å². The summed E-state index contributed by atoms with van der Waals surface area (Å²) in [4.78, 5) is 32.7. The predicted molar refractivity (Wildman–Crippen MR) is 182 cm³/mol. The zero-order valence-corrected chi connectivity index (χ0v) is 28.3. The molecule has 4 heterocycles. The van der Waals surface area contributed by atoms with Crippen LogP contribution in [0.25, 0.3) is 33.6 Å². The Morgan fingerprint density at radius 2 is 1.49 bits per heavy atom. The van der Waals surface area contributed by atoms with Gasteiger partial charge in [-0.15, -0.1) is 0 Å². The minimum atomic E-state index is 0.126. The van der Waals surface area contributed by atoms with Crippen molar-refractivity contribution in [3.8, 4) is 45.4 Å². The zero-order chi connectivity index (χ0) is 32.9. The average Bonchev–Trinajstić information content (AvgIpc) is 3.78. The number of ether oxygens (including phenoxy) is 3. The number of benzene rings is 2. The van der Waals surface area contributed by atoms with E-state index in [4.69, 9.17) is 52.4 Å². The Kier molecular flexibility index (Phi) is 10.5. The highest BCUT2D eigenvalue weighted by Crippen LogP contribution is 2.42. The minimum Gasteiger partial charge on any atom is -0.480 e. The summed E-state index contributed by atoms with van der Waals surface area (Å²) in [6.45, 7) is 2.08. The Morgan fingerprint density at radius 1 is 0.894 bits per heavy atom. The molecule has 0 unspecified atom stereocenters. The molecule has 12 heteroatoms. The van der Waals surface area contributed by atoms with Gasteiger partial charge in [0.1, 0.15) is 11.4 Å². The van der Waals surface area contributed by atoms with Gasteiger partial charge in [-0.25, -0.2) is 9.97 Å². The smallest absolute Gasteiger partial charge is 0.237 e. The van der Waals surface area contributed by atoms with E-state index in [1.807, 2.05) is 36.4 Å². The van der Waals surface area contributed by atoms with E-state index in [0.717, 1.165) is 54.8 Å². The Hall–Kier alpha value is -3.83. The highest BCUT2D eigenvalue weighted by molar-refractivity contribution is 6.39. The van der Waals surface area contributed by atoms with E-state index in [-0.39, 0.29) is 11.9 Å². The number of rotatable bonds is 12. The van der Waals surface area contributed by atoms with Crippen molar-refractivity contribution in [3.05, 3.63) is 70.2 Å². The second-order valence-corrected chi connectivity index (χ2v) is 12.6. The first-order valence-electron chi connectivity index (χ1n) is 15.8. The molecular weight excluding hydrogens is 639 g/mol. The van der Waals surface area contributed by atoms with Gasteiger partial charge in [-0.3, -0.25) is 19.7 Å². The minimum absolute atomic E-state index is 0.126. The van der Waals surface area contributed by atoms with Crippen molar-refractivity contribution in [2.24, 2.45) is 0 Å². The van der Waals surface area contributed by atoms with Crippen LogP contribution in [-0.4, -0.2) is 77.3 Å². The molecule has 0 aliphatic carbocycles. The summed E-state index contributed by atoms with van der Waals surface area (Å²) in [5.74, 6) is 1.04. The van der Waals surface area contributed by atoms with Crippen LogP contribution in [0.15, 0.2) is 48.8 Å². The Labute approximate surface area is 284 Å². The van der Waals surface area contributed by atoms with Gasteiger partial charge in [0, 0.05) is 53.9 Å². The maximum atomic E-state index is 11.5. The number of likely N-dealkylation sites (N-methyl/N-ethyl adjacent to an activating group) is 1. The first-order valence-corrected chi connectivity index (χ1v) is 16.6. The van der Waals surface area contributed by atoms with Crippen molar-refractivity contribution in [2.45, 2.75) is 57.2 Å². The van der Waals surface area contributed by atoms with Crippen LogP contribution in [0.5, 0.6) is 11.8 Å². The van der Waals surface area contributed by atoms with E-state index >= 15 is 0 Å². The Morgan fingerprint density at radius 3 is 2.04 bits per heavy atom. The van der Waals surface area contributed by atoms with E-state index in [1.54, 1.807) is 26.6 Å². The highest BCUT2D eigenvalue weighted by Gasteiger charge is 2.24. The van der Waals surface area contributed by atoms with Gasteiger partial charge in [0.25, 0.3) is 0 Å². The number of methoxy groups -OCH3 is 2. The molecule has 2 aromatic heterocycles. The summed E-state index contributed by atoms with van der Waals surface area (Å²) in [7, 11) is 5.25. The summed E-state index contributed by atoms with van der Waals surface area (Å²) >= 11 is 14.1. The SMILES string of the molecule is COc1nc(-c2cccc(-c3cccc(-c4cnc(CN(C)[C@H]5CCOC5)c(OC)n4)c3Cl)c2Cl)cnc1CCC[C@@H]1CCC(=O)N1. The number of nitrogens with one attached hydrogen (secondary N) is 1. The second-order valence-electron chi connectivity index (χ2n) is 11.9. The molecule has 2 saturated heterocycles. The molecule has 1 amide bonds. The van der Waals surface area contributed by atoms with Crippen LogP contribution in [0, 0.1) is 0 Å². The van der Waals surface area contributed by atoms with Crippen molar-refractivity contribution >= 4 is 29.1 Å². The van der Waals surface area contributed by atoms with Crippen LogP contribution >= 0.6 is 23.2 Å². The normalized spacial score (nSPS) is 17.7. The maximum absolute atomic E-state index is 11.5.